The minimum atomic E-state index is -3.93. The fourth-order valence-corrected chi connectivity index (χ4v) is 2.70. The van der Waals surface area contributed by atoms with Crippen LogP contribution >= 0.6 is 0 Å². The van der Waals surface area contributed by atoms with E-state index in [9.17, 15) is 16.8 Å². The van der Waals surface area contributed by atoms with Gasteiger partial charge in [-0.05, 0) is 0 Å². The monoisotopic (exact) mass is 342 g/mol. The van der Waals surface area contributed by atoms with E-state index in [-0.39, 0.29) is 76.0 Å². The Labute approximate surface area is 156 Å². The van der Waals surface area contributed by atoms with E-state index in [0.29, 0.717) is 26.2 Å². The van der Waals surface area contributed by atoms with E-state index in [0.717, 1.165) is 0 Å². The van der Waals surface area contributed by atoms with Crippen LogP contribution in [0.3, 0.4) is 0 Å². The predicted molar refractivity (Wildman–Crippen MR) is 72.9 cm³/mol. The fourth-order valence-electron chi connectivity index (χ4n) is 1.73. The number of nitrogens with zero attached hydrogens (tertiary/aromatic N) is 2. The molecule has 1 heterocycles. The van der Waals surface area contributed by atoms with Crippen molar-refractivity contribution in [2.75, 3.05) is 50.8 Å². The molecule has 0 aromatic heterocycles. The molecule has 0 unspecified atom stereocenters. The summed E-state index contributed by atoms with van der Waals surface area (Å²) in [6.45, 7) is 2.99. The second-order valence-corrected chi connectivity index (χ2v) is 7.40. The molecule has 0 aromatic carbocycles. The van der Waals surface area contributed by atoms with Gasteiger partial charge in [0, 0.05) is 39.3 Å². The third kappa shape index (κ3) is 10.7. The van der Waals surface area contributed by atoms with Crippen LogP contribution in [0, 0.1) is 0 Å². The second-order valence-electron chi connectivity index (χ2n) is 4.26. The average Bonchev–Trinajstić information content (AvgIpc) is 2.23. The van der Waals surface area contributed by atoms with Crippen LogP contribution in [0.25, 0.3) is 0 Å². The summed E-state index contributed by atoms with van der Waals surface area (Å²) in [6, 6.07) is 0. The Hall–Kier alpha value is 1.38. The second kappa shape index (κ2) is 8.73. The molecule has 110 valence electrons. The van der Waals surface area contributed by atoms with Crippen LogP contribution in [-0.4, -0.2) is 138 Å². The maximum atomic E-state index is 10.6. The van der Waals surface area contributed by atoms with Crippen molar-refractivity contribution in [1.29, 1.82) is 0 Å². The predicted octanol–water partition coefficient (Wildman–Crippen LogP) is -2.27. The maximum absolute atomic E-state index is 10.6. The third-order valence-corrected chi connectivity index (χ3v) is 4.19. The van der Waals surface area contributed by atoms with Crippen LogP contribution in [0.5, 0.6) is 0 Å². The summed E-state index contributed by atoms with van der Waals surface area (Å²) in [5.74, 6) is -0.587. The van der Waals surface area contributed by atoms with Gasteiger partial charge in [0.2, 0.25) is 0 Å². The first-order chi connectivity index (χ1) is 8.16. The molecule has 1 aliphatic rings. The molecule has 0 spiro atoms. The topological polar surface area (TPSA) is 115 Å². The summed E-state index contributed by atoms with van der Waals surface area (Å²) in [7, 11) is -7.87. The molecule has 1 aliphatic heterocycles. The standard InChI is InChI=1S/C8H18N2O6S2.K.H/c11-17(12,13)7-5-9-1-2-10(4-3-9)6-8-18(14,15)16;;/h1-8H2,(H,11,12,13)(H,14,15,16);;. The molecular formula is C8H19KN2O6S2. The number of piperazine rings is 1. The van der Waals surface area contributed by atoms with Crippen LogP contribution < -0.4 is 0 Å². The van der Waals surface area contributed by atoms with E-state index in [4.69, 9.17) is 9.11 Å². The van der Waals surface area contributed by atoms with E-state index in [1.165, 1.54) is 0 Å². The van der Waals surface area contributed by atoms with E-state index < -0.39 is 20.2 Å². The summed E-state index contributed by atoms with van der Waals surface area (Å²) in [6.07, 6.45) is 0. The molecular weight excluding hydrogens is 323 g/mol. The van der Waals surface area contributed by atoms with Crippen LogP contribution in [0.4, 0.5) is 0 Å². The Kier molecular flexibility index (Phi) is 9.36. The molecule has 1 fully saturated rings. The molecule has 11 heteroatoms. The van der Waals surface area contributed by atoms with Gasteiger partial charge in [0.1, 0.15) is 0 Å². The van der Waals surface area contributed by atoms with Crippen molar-refractivity contribution < 1.29 is 25.9 Å². The molecule has 0 saturated carbocycles. The molecule has 0 aliphatic carbocycles. The van der Waals surface area contributed by atoms with Crippen molar-refractivity contribution in [3.05, 3.63) is 0 Å². The van der Waals surface area contributed by atoms with E-state index >= 15 is 0 Å². The van der Waals surface area contributed by atoms with Gasteiger partial charge < -0.3 is 0 Å². The van der Waals surface area contributed by atoms with E-state index in [1.54, 1.807) is 0 Å². The van der Waals surface area contributed by atoms with Crippen LogP contribution in [-0.2, 0) is 20.2 Å². The van der Waals surface area contributed by atoms with Crippen molar-refractivity contribution >= 4 is 71.6 Å². The molecule has 0 amide bonds. The number of rotatable bonds is 6. The first kappa shape index (κ1) is 20.4. The Morgan fingerprint density at radius 1 is 0.737 bits per heavy atom. The number of hydrogen-bond donors (Lipinski definition) is 2. The Morgan fingerprint density at radius 3 is 1.21 bits per heavy atom. The van der Waals surface area contributed by atoms with Crippen LogP contribution in [0.15, 0.2) is 0 Å². The minimum absolute atomic E-state index is 0. The number of hydrogen-bond acceptors (Lipinski definition) is 6. The Balaban J connectivity index is 0.00000324. The Bertz CT molecular complexity index is 414. The normalized spacial score (nSPS) is 19.1. The van der Waals surface area contributed by atoms with Gasteiger partial charge in [-0.3, -0.25) is 18.9 Å². The summed E-state index contributed by atoms with van der Waals surface area (Å²) in [4.78, 5) is 3.77. The van der Waals surface area contributed by atoms with Gasteiger partial charge in [-0.1, -0.05) is 0 Å². The van der Waals surface area contributed by atoms with Gasteiger partial charge >= 0.3 is 51.4 Å². The molecule has 1 rings (SSSR count). The van der Waals surface area contributed by atoms with E-state index in [2.05, 4.69) is 0 Å². The van der Waals surface area contributed by atoms with Crippen LogP contribution in [0.1, 0.15) is 0 Å². The zero-order valence-corrected chi connectivity index (χ0v) is 11.5. The van der Waals surface area contributed by atoms with Gasteiger partial charge in [-0.25, -0.2) is 0 Å². The van der Waals surface area contributed by atoms with Crippen molar-refractivity contribution in [2.24, 2.45) is 0 Å². The van der Waals surface area contributed by atoms with E-state index in [1.807, 2.05) is 9.80 Å². The van der Waals surface area contributed by atoms with Gasteiger partial charge in [0.05, 0.1) is 11.5 Å². The van der Waals surface area contributed by atoms with Crippen molar-refractivity contribution in [2.45, 2.75) is 0 Å². The average molecular weight is 342 g/mol. The molecule has 8 nitrogen and oxygen atoms in total. The molecule has 19 heavy (non-hydrogen) atoms. The first-order valence-electron chi connectivity index (χ1n) is 5.51. The van der Waals surface area contributed by atoms with Crippen LogP contribution in [0.2, 0.25) is 0 Å². The van der Waals surface area contributed by atoms with Gasteiger partial charge in [0.15, 0.2) is 0 Å². The summed E-state index contributed by atoms with van der Waals surface area (Å²) < 4.78 is 59.5. The third-order valence-electron chi connectivity index (χ3n) is 2.80. The molecule has 1 saturated heterocycles. The zero-order chi connectivity index (χ0) is 13.8. The zero-order valence-electron chi connectivity index (χ0n) is 9.90. The van der Waals surface area contributed by atoms with Gasteiger partial charge in [-0.15, -0.1) is 0 Å². The molecule has 0 bridgehead atoms. The first-order valence-corrected chi connectivity index (χ1v) is 8.72. The molecule has 2 N–H and O–H groups in total. The summed E-state index contributed by atoms with van der Waals surface area (Å²) >= 11 is 0. The SMILES string of the molecule is O=S(=O)(O)CCN1CCN(CCS(=O)(=O)O)CC1.[KH]. The van der Waals surface area contributed by atoms with Crippen molar-refractivity contribution in [3.8, 4) is 0 Å². The molecule has 0 aromatic rings. The molecule has 0 radical (unpaired) electrons. The quantitative estimate of drug-likeness (QED) is 0.410. The Morgan fingerprint density at radius 2 is 1.00 bits per heavy atom. The van der Waals surface area contributed by atoms with Gasteiger partial charge in [-0.2, -0.15) is 16.8 Å². The van der Waals surface area contributed by atoms with Crippen molar-refractivity contribution in [1.82, 2.24) is 9.80 Å². The fraction of sp³-hybridized carbons (Fsp3) is 1.00. The van der Waals surface area contributed by atoms with Gasteiger partial charge in [0.25, 0.3) is 20.2 Å². The molecule has 0 atom stereocenters. The van der Waals surface area contributed by atoms with Crippen molar-refractivity contribution in [3.63, 3.8) is 0 Å². The summed E-state index contributed by atoms with van der Waals surface area (Å²) in [5.41, 5.74) is 0. The summed E-state index contributed by atoms with van der Waals surface area (Å²) in [5, 5.41) is 0.